The van der Waals surface area contributed by atoms with Gasteiger partial charge in [0, 0.05) is 18.4 Å². The average molecular weight is 286 g/mol. The van der Waals surface area contributed by atoms with Gasteiger partial charge >= 0.3 is 0 Å². The van der Waals surface area contributed by atoms with Crippen LogP contribution in [0.15, 0.2) is 24.3 Å². The molecule has 1 atom stereocenters. The fraction of sp³-hybridized carbons (Fsp3) is 0.611. The highest BCUT2D eigenvalue weighted by Gasteiger charge is 2.44. The molecule has 0 aromatic heterocycles. The number of hydrogen-bond donors (Lipinski definition) is 2. The van der Waals surface area contributed by atoms with Crippen molar-refractivity contribution in [1.82, 2.24) is 10.6 Å². The number of carbonyl (C=O) groups excluding carboxylic acids is 1. The van der Waals surface area contributed by atoms with E-state index in [1.54, 1.807) is 0 Å². The molecule has 1 aromatic carbocycles. The normalized spacial score (nSPS) is 23.0. The number of carbonyl (C=O) groups is 1. The van der Waals surface area contributed by atoms with Crippen LogP contribution in [0.1, 0.15) is 43.2 Å². The van der Waals surface area contributed by atoms with Crippen molar-refractivity contribution in [1.29, 1.82) is 0 Å². The lowest BCUT2D eigenvalue weighted by Gasteiger charge is -2.19. The molecule has 2 fully saturated rings. The van der Waals surface area contributed by atoms with E-state index in [0.29, 0.717) is 12.3 Å². The Morgan fingerprint density at radius 1 is 1.38 bits per heavy atom. The Kier molecular flexibility index (Phi) is 4.29. The largest absolute Gasteiger partial charge is 0.355 e. The summed E-state index contributed by atoms with van der Waals surface area (Å²) in [5.41, 5.74) is 2.99. The van der Waals surface area contributed by atoms with Crippen LogP contribution in [-0.2, 0) is 10.2 Å². The topological polar surface area (TPSA) is 41.1 Å². The monoisotopic (exact) mass is 286 g/mol. The highest BCUT2D eigenvalue weighted by Crippen LogP contribution is 2.48. The first-order chi connectivity index (χ1) is 10.2. The van der Waals surface area contributed by atoms with Crippen LogP contribution in [0, 0.1) is 12.8 Å². The van der Waals surface area contributed by atoms with Crippen LogP contribution in [0.25, 0.3) is 0 Å². The minimum absolute atomic E-state index is 0.218. The van der Waals surface area contributed by atoms with Crippen molar-refractivity contribution in [2.75, 3.05) is 19.6 Å². The van der Waals surface area contributed by atoms with Crippen LogP contribution in [0.5, 0.6) is 0 Å². The predicted molar refractivity (Wildman–Crippen MR) is 85.3 cm³/mol. The zero-order chi connectivity index (χ0) is 14.7. The molecular weight excluding hydrogens is 260 g/mol. The second kappa shape index (κ2) is 6.18. The standard InChI is InChI=1S/C18H26N2O/c1-14-4-2-3-5-16(14)18(9-10-18)13-20-17(21)7-6-15-8-11-19-12-15/h2-5,15,19H,6-13H2,1H3,(H,20,21). The highest BCUT2D eigenvalue weighted by molar-refractivity contribution is 5.76. The molecule has 1 saturated heterocycles. The fourth-order valence-corrected chi connectivity index (χ4v) is 3.51. The maximum absolute atomic E-state index is 12.1. The molecule has 1 aromatic rings. The third-order valence-corrected chi connectivity index (χ3v) is 5.14. The Morgan fingerprint density at radius 2 is 2.19 bits per heavy atom. The summed E-state index contributed by atoms with van der Waals surface area (Å²) >= 11 is 0. The Bertz CT molecular complexity index is 502. The van der Waals surface area contributed by atoms with Crippen molar-refractivity contribution in [3.8, 4) is 0 Å². The summed E-state index contributed by atoms with van der Waals surface area (Å²) in [5, 5.41) is 6.53. The van der Waals surface area contributed by atoms with Crippen LogP contribution in [-0.4, -0.2) is 25.5 Å². The van der Waals surface area contributed by atoms with Crippen molar-refractivity contribution >= 4 is 5.91 Å². The molecular formula is C18H26N2O. The van der Waals surface area contributed by atoms with Gasteiger partial charge in [0.25, 0.3) is 0 Å². The predicted octanol–water partition coefficient (Wildman–Crippen LogP) is 2.53. The van der Waals surface area contributed by atoms with Crippen LogP contribution in [0.4, 0.5) is 0 Å². The number of nitrogens with one attached hydrogen (secondary N) is 2. The van der Waals surface area contributed by atoms with Crippen molar-refractivity contribution < 1.29 is 4.79 Å². The lowest BCUT2D eigenvalue weighted by molar-refractivity contribution is -0.121. The molecule has 1 saturated carbocycles. The van der Waals surface area contributed by atoms with Gasteiger partial charge in [0.1, 0.15) is 0 Å². The number of hydrogen-bond acceptors (Lipinski definition) is 2. The Morgan fingerprint density at radius 3 is 2.86 bits per heavy atom. The van der Waals surface area contributed by atoms with Gasteiger partial charge < -0.3 is 10.6 Å². The number of amides is 1. The van der Waals surface area contributed by atoms with E-state index in [2.05, 4.69) is 41.8 Å². The van der Waals surface area contributed by atoms with Gasteiger partial charge in [-0.15, -0.1) is 0 Å². The quantitative estimate of drug-likeness (QED) is 0.844. The molecule has 1 amide bonds. The third kappa shape index (κ3) is 3.46. The van der Waals surface area contributed by atoms with Gasteiger partial charge in [-0.3, -0.25) is 4.79 Å². The van der Waals surface area contributed by atoms with Crippen molar-refractivity contribution in [3.05, 3.63) is 35.4 Å². The molecule has 3 nitrogen and oxygen atoms in total. The van der Waals surface area contributed by atoms with E-state index < -0.39 is 0 Å². The van der Waals surface area contributed by atoms with Crippen LogP contribution in [0.3, 0.4) is 0 Å². The molecule has 2 aliphatic rings. The summed E-state index contributed by atoms with van der Waals surface area (Å²) < 4.78 is 0. The summed E-state index contributed by atoms with van der Waals surface area (Å²) in [6.07, 6.45) is 5.32. The molecule has 3 heteroatoms. The SMILES string of the molecule is Cc1ccccc1C1(CNC(=O)CCC2CCNC2)CC1. The molecule has 1 heterocycles. The smallest absolute Gasteiger partial charge is 0.220 e. The summed E-state index contributed by atoms with van der Waals surface area (Å²) in [6, 6.07) is 8.59. The van der Waals surface area contributed by atoms with Crippen molar-refractivity contribution in [2.45, 2.75) is 44.4 Å². The number of rotatable bonds is 6. The van der Waals surface area contributed by atoms with E-state index in [4.69, 9.17) is 0 Å². The van der Waals surface area contributed by atoms with Gasteiger partial charge in [0.15, 0.2) is 0 Å². The van der Waals surface area contributed by atoms with E-state index in [9.17, 15) is 4.79 Å². The second-order valence-electron chi connectivity index (χ2n) is 6.77. The Balaban J connectivity index is 1.48. The summed E-state index contributed by atoms with van der Waals surface area (Å²) in [6.45, 7) is 5.17. The highest BCUT2D eigenvalue weighted by atomic mass is 16.1. The van der Waals surface area contributed by atoms with E-state index in [0.717, 1.165) is 26.1 Å². The summed E-state index contributed by atoms with van der Waals surface area (Å²) in [5.74, 6) is 0.920. The van der Waals surface area contributed by atoms with Crippen LogP contribution < -0.4 is 10.6 Å². The van der Waals surface area contributed by atoms with Crippen LogP contribution >= 0.6 is 0 Å². The lowest BCUT2D eigenvalue weighted by atomic mass is 9.92. The van der Waals surface area contributed by atoms with E-state index in [-0.39, 0.29) is 11.3 Å². The molecule has 0 spiro atoms. The van der Waals surface area contributed by atoms with Crippen molar-refractivity contribution in [3.63, 3.8) is 0 Å². The first-order valence-electron chi connectivity index (χ1n) is 8.23. The fourth-order valence-electron chi connectivity index (χ4n) is 3.51. The molecule has 114 valence electrons. The maximum atomic E-state index is 12.1. The summed E-state index contributed by atoms with van der Waals surface area (Å²) in [7, 11) is 0. The summed E-state index contributed by atoms with van der Waals surface area (Å²) in [4.78, 5) is 12.1. The van der Waals surface area contributed by atoms with Crippen molar-refractivity contribution in [2.24, 2.45) is 5.92 Å². The molecule has 1 unspecified atom stereocenters. The van der Waals surface area contributed by atoms with Gasteiger partial charge in [-0.1, -0.05) is 24.3 Å². The zero-order valence-electron chi connectivity index (χ0n) is 13.0. The molecule has 0 radical (unpaired) electrons. The number of benzene rings is 1. The molecule has 1 aliphatic carbocycles. The first kappa shape index (κ1) is 14.6. The van der Waals surface area contributed by atoms with E-state index in [1.165, 1.54) is 30.4 Å². The minimum atomic E-state index is 0.218. The second-order valence-corrected chi connectivity index (χ2v) is 6.77. The van der Waals surface area contributed by atoms with E-state index in [1.807, 2.05) is 0 Å². The van der Waals surface area contributed by atoms with E-state index >= 15 is 0 Å². The third-order valence-electron chi connectivity index (χ3n) is 5.14. The molecule has 1 aliphatic heterocycles. The molecule has 21 heavy (non-hydrogen) atoms. The van der Waals surface area contributed by atoms with Gasteiger partial charge in [0.05, 0.1) is 0 Å². The van der Waals surface area contributed by atoms with Gasteiger partial charge in [-0.05, 0) is 62.7 Å². The molecule has 0 bridgehead atoms. The maximum Gasteiger partial charge on any atom is 0.220 e. The van der Waals surface area contributed by atoms with Gasteiger partial charge in [-0.2, -0.15) is 0 Å². The zero-order valence-corrected chi connectivity index (χ0v) is 13.0. The Hall–Kier alpha value is -1.35. The first-order valence-corrected chi connectivity index (χ1v) is 8.23. The van der Waals surface area contributed by atoms with Gasteiger partial charge in [0.2, 0.25) is 5.91 Å². The molecule has 3 rings (SSSR count). The van der Waals surface area contributed by atoms with Crippen LogP contribution in [0.2, 0.25) is 0 Å². The Labute approximate surface area is 127 Å². The number of aryl methyl sites for hydroxylation is 1. The average Bonchev–Trinajstić information content (AvgIpc) is 3.09. The minimum Gasteiger partial charge on any atom is -0.355 e. The van der Waals surface area contributed by atoms with Gasteiger partial charge in [-0.25, -0.2) is 0 Å². The molecule has 2 N–H and O–H groups in total. The lowest BCUT2D eigenvalue weighted by Crippen LogP contribution is -2.32.